The normalized spacial score (nSPS) is 9.88. The van der Waals surface area contributed by atoms with E-state index in [-0.39, 0.29) is 12.5 Å². The predicted molar refractivity (Wildman–Crippen MR) is 70.6 cm³/mol. The summed E-state index contributed by atoms with van der Waals surface area (Å²) < 4.78 is 10.9. The lowest BCUT2D eigenvalue weighted by molar-refractivity contribution is -0.141. The molecule has 0 heterocycles. The molecule has 0 saturated heterocycles. The molecule has 0 unspecified atom stereocenters. The van der Waals surface area contributed by atoms with Crippen molar-refractivity contribution < 1.29 is 14.3 Å². The lowest BCUT2D eigenvalue weighted by Crippen LogP contribution is -2.27. The lowest BCUT2D eigenvalue weighted by atomic mass is 10.3. The van der Waals surface area contributed by atoms with E-state index in [0.29, 0.717) is 6.61 Å². The average molecular weight is 302 g/mol. The zero-order valence-electron chi connectivity index (χ0n) is 10.2. The molecule has 0 aromatic heterocycles. The van der Waals surface area contributed by atoms with E-state index >= 15 is 0 Å². The van der Waals surface area contributed by atoms with Crippen molar-refractivity contribution in [2.24, 2.45) is 0 Å². The largest absolute Gasteiger partial charge is 0.496 e. The van der Waals surface area contributed by atoms with E-state index in [1.807, 2.05) is 30.1 Å². The molecule has 94 valence electrons. The number of methoxy groups -OCH3 is 1. The van der Waals surface area contributed by atoms with Crippen LogP contribution in [0.1, 0.15) is 6.92 Å². The summed E-state index contributed by atoms with van der Waals surface area (Å²) in [5.74, 6) is 0.528. The third-order valence-corrected chi connectivity index (χ3v) is 2.87. The summed E-state index contributed by atoms with van der Waals surface area (Å²) in [5.41, 5.74) is 0.922. The van der Waals surface area contributed by atoms with Crippen LogP contribution in [-0.4, -0.2) is 33.3 Å². The minimum absolute atomic E-state index is 0.229. The number of benzene rings is 1. The van der Waals surface area contributed by atoms with Gasteiger partial charge in [0.1, 0.15) is 12.3 Å². The van der Waals surface area contributed by atoms with Crippen molar-refractivity contribution in [1.82, 2.24) is 0 Å². The van der Waals surface area contributed by atoms with Gasteiger partial charge < -0.3 is 14.4 Å². The fraction of sp³-hybridized carbons (Fsp3) is 0.417. The maximum Gasteiger partial charge on any atom is 0.325 e. The highest BCUT2D eigenvalue weighted by Gasteiger charge is 2.09. The van der Waals surface area contributed by atoms with Gasteiger partial charge in [0.2, 0.25) is 0 Å². The van der Waals surface area contributed by atoms with Gasteiger partial charge in [-0.15, -0.1) is 0 Å². The van der Waals surface area contributed by atoms with E-state index in [0.717, 1.165) is 15.9 Å². The first-order valence-electron chi connectivity index (χ1n) is 5.28. The monoisotopic (exact) mass is 301 g/mol. The first-order chi connectivity index (χ1) is 8.08. The van der Waals surface area contributed by atoms with Gasteiger partial charge in [-0.3, -0.25) is 4.79 Å². The second-order valence-electron chi connectivity index (χ2n) is 3.48. The summed E-state index contributed by atoms with van der Waals surface area (Å²) in [7, 11) is 3.45. The minimum atomic E-state index is -0.234. The van der Waals surface area contributed by atoms with Crippen LogP contribution in [0.4, 0.5) is 5.69 Å². The zero-order chi connectivity index (χ0) is 12.8. The smallest absolute Gasteiger partial charge is 0.325 e. The first kappa shape index (κ1) is 13.8. The number of hydrogen-bond donors (Lipinski definition) is 0. The van der Waals surface area contributed by atoms with E-state index < -0.39 is 0 Å². The molecule has 0 aliphatic rings. The average Bonchev–Trinajstić information content (AvgIpc) is 2.29. The lowest BCUT2D eigenvalue weighted by Gasteiger charge is -2.19. The van der Waals surface area contributed by atoms with Gasteiger partial charge >= 0.3 is 5.97 Å². The van der Waals surface area contributed by atoms with Crippen LogP contribution in [0.2, 0.25) is 0 Å². The van der Waals surface area contributed by atoms with E-state index in [1.54, 1.807) is 14.0 Å². The second kappa shape index (κ2) is 6.49. The third kappa shape index (κ3) is 3.93. The molecule has 0 atom stereocenters. The summed E-state index contributed by atoms with van der Waals surface area (Å²) >= 11 is 3.40. The summed E-state index contributed by atoms with van der Waals surface area (Å²) in [6, 6.07) is 5.64. The van der Waals surface area contributed by atoms with Crippen LogP contribution >= 0.6 is 15.9 Å². The van der Waals surface area contributed by atoms with E-state index in [1.165, 1.54) is 0 Å². The molecule has 17 heavy (non-hydrogen) atoms. The Hall–Kier alpha value is -1.23. The molecule has 1 aromatic carbocycles. The van der Waals surface area contributed by atoms with Gasteiger partial charge in [-0.1, -0.05) is 0 Å². The molecule has 0 radical (unpaired) electrons. The summed E-state index contributed by atoms with van der Waals surface area (Å²) in [5, 5.41) is 0. The molecular formula is C12H16BrNO3. The van der Waals surface area contributed by atoms with Crippen molar-refractivity contribution in [2.75, 3.05) is 32.2 Å². The fourth-order valence-electron chi connectivity index (χ4n) is 1.38. The van der Waals surface area contributed by atoms with Crippen LogP contribution in [0.25, 0.3) is 0 Å². The number of nitrogens with zero attached hydrogens (tertiary/aromatic N) is 1. The molecule has 0 aliphatic carbocycles. The number of halogens is 1. The molecule has 1 aromatic rings. The molecular weight excluding hydrogens is 286 g/mol. The van der Waals surface area contributed by atoms with Crippen LogP contribution in [0.5, 0.6) is 5.75 Å². The number of ether oxygens (including phenoxy) is 2. The van der Waals surface area contributed by atoms with Crippen molar-refractivity contribution in [2.45, 2.75) is 6.92 Å². The molecule has 5 heteroatoms. The van der Waals surface area contributed by atoms with Crippen LogP contribution in [0, 0.1) is 0 Å². The molecule has 0 aliphatic heterocycles. The van der Waals surface area contributed by atoms with Gasteiger partial charge in [0.25, 0.3) is 0 Å². The summed E-state index contributed by atoms with van der Waals surface area (Å²) in [6.45, 7) is 2.42. The molecule has 1 rings (SSSR count). The number of carbonyl (C=O) groups is 1. The van der Waals surface area contributed by atoms with Crippen molar-refractivity contribution in [3.05, 3.63) is 22.7 Å². The van der Waals surface area contributed by atoms with E-state index in [9.17, 15) is 4.79 Å². The maximum absolute atomic E-state index is 11.3. The van der Waals surface area contributed by atoms with Crippen molar-refractivity contribution in [3.8, 4) is 5.75 Å². The number of anilines is 1. The molecule has 0 spiro atoms. The number of likely N-dealkylation sites (N-methyl/N-ethyl adjacent to an activating group) is 1. The van der Waals surface area contributed by atoms with Crippen LogP contribution in [-0.2, 0) is 9.53 Å². The fourth-order valence-corrected chi connectivity index (χ4v) is 1.91. The number of hydrogen-bond acceptors (Lipinski definition) is 4. The standard InChI is InChI=1S/C12H16BrNO3/c1-4-17-12(15)8-14(2)9-5-6-11(16-3)10(13)7-9/h5-7H,4,8H2,1-3H3. The molecule has 0 fully saturated rings. The number of esters is 1. The zero-order valence-corrected chi connectivity index (χ0v) is 11.8. The highest BCUT2D eigenvalue weighted by Crippen LogP contribution is 2.28. The van der Waals surface area contributed by atoms with Gasteiger partial charge in [0.05, 0.1) is 18.2 Å². The Morgan fingerprint density at radius 2 is 2.18 bits per heavy atom. The number of rotatable bonds is 5. The Kier molecular flexibility index (Phi) is 5.28. The first-order valence-corrected chi connectivity index (χ1v) is 6.08. The SMILES string of the molecule is CCOC(=O)CN(C)c1ccc(OC)c(Br)c1. The second-order valence-corrected chi connectivity index (χ2v) is 4.33. The highest BCUT2D eigenvalue weighted by atomic mass is 79.9. The molecule has 4 nitrogen and oxygen atoms in total. The Morgan fingerprint density at radius 3 is 2.71 bits per heavy atom. The minimum Gasteiger partial charge on any atom is -0.496 e. The Bertz CT molecular complexity index is 395. The molecule has 0 bridgehead atoms. The van der Waals surface area contributed by atoms with E-state index in [2.05, 4.69) is 15.9 Å². The Labute approximate surface area is 110 Å². The Balaban J connectivity index is 2.72. The molecule has 0 amide bonds. The quantitative estimate of drug-likeness (QED) is 0.783. The van der Waals surface area contributed by atoms with Gasteiger partial charge in [0, 0.05) is 12.7 Å². The third-order valence-electron chi connectivity index (χ3n) is 2.25. The van der Waals surface area contributed by atoms with Crippen molar-refractivity contribution in [3.63, 3.8) is 0 Å². The number of carbonyl (C=O) groups excluding carboxylic acids is 1. The van der Waals surface area contributed by atoms with Gasteiger partial charge in [-0.25, -0.2) is 0 Å². The van der Waals surface area contributed by atoms with Crippen LogP contribution in [0.15, 0.2) is 22.7 Å². The summed E-state index contributed by atoms with van der Waals surface area (Å²) in [4.78, 5) is 13.2. The summed E-state index contributed by atoms with van der Waals surface area (Å²) in [6.07, 6.45) is 0. The van der Waals surface area contributed by atoms with Crippen LogP contribution in [0.3, 0.4) is 0 Å². The van der Waals surface area contributed by atoms with Crippen molar-refractivity contribution in [1.29, 1.82) is 0 Å². The maximum atomic E-state index is 11.3. The predicted octanol–water partition coefficient (Wildman–Crippen LogP) is 2.46. The topological polar surface area (TPSA) is 38.8 Å². The molecule has 0 saturated carbocycles. The van der Waals surface area contributed by atoms with Crippen molar-refractivity contribution >= 4 is 27.6 Å². The van der Waals surface area contributed by atoms with Gasteiger partial charge in [0.15, 0.2) is 0 Å². The highest BCUT2D eigenvalue weighted by molar-refractivity contribution is 9.10. The van der Waals surface area contributed by atoms with Gasteiger partial charge in [-0.05, 0) is 41.1 Å². The molecule has 0 N–H and O–H groups in total. The van der Waals surface area contributed by atoms with E-state index in [4.69, 9.17) is 9.47 Å². The van der Waals surface area contributed by atoms with Crippen LogP contribution < -0.4 is 9.64 Å². The van der Waals surface area contributed by atoms with Gasteiger partial charge in [-0.2, -0.15) is 0 Å². The Morgan fingerprint density at radius 1 is 1.47 bits per heavy atom.